The van der Waals surface area contributed by atoms with Crippen LogP contribution in [-0.4, -0.2) is 157 Å². The molecule has 0 bridgehead atoms. The van der Waals surface area contributed by atoms with Gasteiger partial charge in [0.25, 0.3) is 0 Å². The van der Waals surface area contributed by atoms with E-state index in [0.29, 0.717) is 0 Å². The Kier molecular flexibility index (Phi) is 18.1. The number of carbonyl (C=O) groups is 10. The molecule has 0 saturated carbocycles. The molecule has 0 spiro atoms. The second kappa shape index (κ2) is 21.6. The molecule has 1 N–H and O–H groups in total. The van der Waals surface area contributed by atoms with Crippen LogP contribution in [0.25, 0.3) is 0 Å². The summed E-state index contributed by atoms with van der Waals surface area (Å²) in [6.07, 6.45) is -15.9. The zero-order chi connectivity index (χ0) is 42.4. The Morgan fingerprint density at radius 2 is 0.786 bits per heavy atom. The summed E-state index contributed by atoms with van der Waals surface area (Å²) in [6, 6.07) is 0. The average Bonchev–Trinajstić information content (AvgIpc) is 3.04. The summed E-state index contributed by atoms with van der Waals surface area (Å²) in [5.41, 5.74) is 0. The van der Waals surface area contributed by atoms with Gasteiger partial charge in [-0.1, -0.05) is 0 Å². The molecular weight excluding hydrogens is 758 g/mol. The van der Waals surface area contributed by atoms with Crippen molar-refractivity contribution in [1.82, 2.24) is 4.90 Å². The van der Waals surface area contributed by atoms with Crippen molar-refractivity contribution in [2.45, 2.75) is 129 Å². The topological polar surface area (TPSA) is 286 Å². The molecule has 0 radical (unpaired) electrons. The normalized spacial score (nSPS) is 26.9. The highest BCUT2D eigenvalue weighted by atomic mass is 16.7. The lowest BCUT2D eigenvalue weighted by molar-refractivity contribution is -0.254. The van der Waals surface area contributed by atoms with E-state index in [1.165, 1.54) is 0 Å². The number of amides is 1. The minimum atomic E-state index is -1.62. The SMILES string of the molecule is CC(=O)OC[C@@H]1O[C@@H](CCN(CC(=O)O)C(=O)C[C@H]2O[C@H](COC(C)=O)[C@H](OC(C)=O)[C@H](OC(C)=O)[C@H]2OC(C)=O)[C@@H](OC(C)=O)[C@H](OC(C)=O)[C@@H]1OC(C)=O. The summed E-state index contributed by atoms with van der Waals surface area (Å²) < 4.78 is 54.5. The van der Waals surface area contributed by atoms with Gasteiger partial charge < -0.3 is 57.4 Å². The van der Waals surface area contributed by atoms with Crippen LogP contribution in [0.2, 0.25) is 0 Å². The molecular formula is C34H47NO21. The van der Waals surface area contributed by atoms with E-state index < -0.39 is 153 Å². The van der Waals surface area contributed by atoms with Crippen molar-refractivity contribution >= 4 is 59.6 Å². The number of esters is 8. The number of hydrogen-bond donors (Lipinski definition) is 1. The molecule has 0 aliphatic carbocycles. The quantitative estimate of drug-likeness (QED) is 0.135. The summed E-state index contributed by atoms with van der Waals surface area (Å²) in [4.78, 5) is 123. The van der Waals surface area contributed by atoms with E-state index in [4.69, 9.17) is 47.4 Å². The number of carbonyl (C=O) groups excluding carboxylic acids is 9. The van der Waals surface area contributed by atoms with Crippen molar-refractivity contribution in [3.05, 3.63) is 0 Å². The highest BCUT2D eigenvalue weighted by Gasteiger charge is 2.54. The monoisotopic (exact) mass is 805 g/mol. The predicted molar refractivity (Wildman–Crippen MR) is 177 cm³/mol. The maximum atomic E-state index is 13.9. The van der Waals surface area contributed by atoms with Crippen LogP contribution < -0.4 is 0 Å². The third-order valence-corrected chi connectivity index (χ3v) is 7.91. The van der Waals surface area contributed by atoms with Gasteiger partial charge in [0.15, 0.2) is 36.6 Å². The van der Waals surface area contributed by atoms with Gasteiger partial charge >= 0.3 is 53.7 Å². The highest BCUT2D eigenvalue weighted by Crippen LogP contribution is 2.33. The first-order valence-corrected chi connectivity index (χ1v) is 17.2. The van der Waals surface area contributed by atoms with Gasteiger partial charge in [-0.2, -0.15) is 0 Å². The van der Waals surface area contributed by atoms with Gasteiger partial charge in [-0.3, -0.25) is 47.9 Å². The number of carboxylic acid groups (broad SMARTS) is 1. The van der Waals surface area contributed by atoms with E-state index in [9.17, 15) is 53.1 Å². The Morgan fingerprint density at radius 3 is 1.12 bits per heavy atom. The lowest BCUT2D eigenvalue weighted by Gasteiger charge is -2.45. The van der Waals surface area contributed by atoms with E-state index in [1.54, 1.807) is 0 Å². The van der Waals surface area contributed by atoms with Crippen molar-refractivity contribution in [2.75, 3.05) is 26.3 Å². The first kappa shape index (κ1) is 46.8. The van der Waals surface area contributed by atoms with E-state index in [0.717, 1.165) is 60.3 Å². The zero-order valence-electron chi connectivity index (χ0n) is 32.1. The molecule has 0 aromatic rings. The number of ether oxygens (including phenoxy) is 10. The summed E-state index contributed by atoms with van der Waals surface area (Å²) >= 11 is 0. The van der Waals surface area contributed by atoms with Crippen LogP contribution in [0.3, 0.4) is 0 Å². The Bertz CT molecular complexity index is 1500. The second-order valence-electron chi connectivity index (χ2n) is 12.7. The number of hydrogen-bond acceptors (Lipinski definition) is 20. The molecule has 1 amide bonds. The molecule has 2 heterocycles. The van der Waals surface area contributed by atoms with Crippen LogP contribution in [-0.2, 0) is 95.3 Å². The standard InChI is InChI=1S/C34H47NO21/c1-15(36)47-13-25-31(51-19(5)40)33(53-21(7)42)29(49-17(3)38)23(55-25)9-10-35(12-28(45)46)27(44)11-24-30(50-18(4)39)34(54-22(8)43)32(52-20(6)41)26(56-24)14-48-16(2)37/h23-26,29-34H,9-14H2,1-8H3,(H,45,46)/t23-,24+,25-,26+,29+,30-,31+,32-,33-,34+/m0/s1. The first-order valence-electron chi connectivity index (χ1n) is 17.2. The minimum Gasteiger partial charge on any atom is -0.480 e. The van der Waals surface area contributed by atoms with Crippen molar-refractivity contribution in [2.24, 2.45) is 0 Å². The van der Waals surface area contributed by atoms with Crippen molar-refractivity contribution in [1.29, 1.82) is 0 Å². The fourth-order valence-corrected chi connectivity index (χ4v) is 6.07. The maximum Gasteiger partial charge on any atom is 0.323 e. The van der Waals surface area contributed by atoms with Crippen molar-refractivity contribution in [3.63, 3.8) is 0 Å². The van der Waals surface area contributed by atoms with Crippen LogP contribution in [0.4, 0.5) is 0 Å². The fourth-order valence-electron chi connectivity index (χ4n) is 6.07. The van der Waals surface area contributed by atoms with Crippen LogP contribution in [0.1, 0.15) is 68.2 Å². The molecule has 0 aromatic carbocycles. The number of rotatable bonds is 17. The molecule has 2 rings (SSSR count). The molecule has 56 heavy (non-hydrogen) atoms. The molecule has 22 nitrogen and oxygen atoms in total. The van der Waals surface area contributed by atoms with Gasteiger partial charge in [0.05, 0.1) is 6.42 Å². The maximum absolute atomic E-state index is 13.9. The predicted octanol–water partition coefficient (Wildman–Crippen LogP) is -1.07. The third kappa shape index (κ3) is 15.0. The highest BCUT2D eigenvalue weighted by molar-refractivity contribution is 5.82. The summed E-state index contributed by atoms with van der Waals surface area (Å²) in [7, 11) is 0. The largest absolute Gasteiger partial charge is 0.480 e. The first-order chi connectivity index (χ1) is 26.1. The Balaban J connectivity index is 2.54. The number of aliphatic carboxylic acids is 1. The molecule has 0 aromatic heterocycles. The van der Waals surface area contributed by atoms with Crippen LogP contribution >= 0.6 is 0 Å². The molecule has 2 aliphatic heterocycles. The molecule has 2 saturated heterocycles. The van der Waals surface area contributed by atoms with Gasteiger partial charge in [-0.05, 0) is 6.42 Å². The molecule has 10 atom stereocenters. The van der Waals surface area contributed by atoms with Crippen LogP contribution in [0.5, 0.6) is 0 Å². The number of carboxylic acids is 1. The average molecular weight is 806 g/mol. The van der Waals surface area contributed by atoms with E-state index in [1.807, 2.05) is 0 Å². The van der Waals surface area contributed by atoms with Gasteiger partial charge in [0.2, 0.25) is 5.91 Å². The fraction of sp³-hybridized carbons (Fsp3) is 0.706. The molecule has 2 fully saturated rings. The van der Waals surface area contributed by atoms with E-state index >= 15 is 0 Å². The van der Waals surface area contributed by atoms with E-state index in [-0.39, 0.29) is 6.42 Å². The molecule has 2 aliphatic rings. The third-order valence-electron chi connectivity index (χ3n) is 7.91. The molecule has 22 heteroatoms. The second-order valence-corrected chi connectivity index (χ2v) is 12.7. The smallest absolute Gasteiger partial charge is 0.323 e. The van der Waals surface area contributed by atoms with Crippen LogP contribution in [0, 0.1) is 0 Å². The van der Waals surface area contributed by atoms with Gasteiger partial charge in [-0.15, -0.1) is 0 Å². The molecule has 314 valence electrons. The molecule has 0 unspecified atom stereocenters. The minimum absolute atomic E-state index is 0.337. The lowest BCUT2D eigenvalue weighted by Crippen LogP contribution is -2.63. The van der Waals surface area contributed by atoms with Crippen molar-refractivity contribution in [3.8, 4) is 0 Å². The van der Waals surface area contributed by atoms with Crippen LogP contribution in [0.15, 0.2) is 0 Å². The number of nitrogens with zero attached hydrogens (tertiary/aromatic N) is 1. The lowest BCUT2D eigenvalue weighted by atomic mass is 9.91. The van der Waals surface area contributed by atoms with E-state index in [2.05, 4.69) is 0 Å². The van der Waals surface area contributed by atoms with Crippen molar-refractivity contribution < 1.29 is 100 Å². The summed E-state index contributed by atoms with van der Waals surface area (Å²) in [6.45, 7) is 5.79. The Hall–Kier alpha value is -5.38. The van der Waals surface area contributed by atoms with Gasteiger partial charge in [0, 0.05) is 61.9 Å². The Labute approximate surface area is 320 Å². The van der Waals surface area contributed by atoms with Gasteiger partial charge in [-0.25, -0.2) is 0 Å². The summed E-state index contributed by atoms with van der Waals surface area (Å²) in [5.74, 6) is -9.31. The summed E-state index contributed by atoms with van der Waals surface area (Å²) in [5, 5.41) is 9.76. The zero-order valence-corrected chi connectivity index (χ0v) is 32.1. The van der Waals surface area contributed by atoms with Gasteiger partial charge in [0.1, 0.15) is 44.2 Å². The Morgan fingerprint density at radius 1 is 0.464 bits per heavy atom.